The fourth-order valence-electron chi connectivity index (χ4n) is 6.57. The van der Waals surface area contributed by atoms with E-state index in [2.05, 4.69) is 43.3 Å². The van der Waals surface area contributed by atoms with Gasteiger partial charge < -0.3 is 21.1 Å². The van der Waals surface area contributed by atoms with Gasteiger partial charge in [0.2, 0.25) is 11.8 Å². The Bertz CT molecular complexity index is 1230. The predicted molar refractivity (Wildman–Crippen MR) is 159 cm³/mol. The number of halogens is 3. The Hall–Kier alpha value is -2.19. The number of carbonyl (C=O) groups excluding carboxylic acids is 2. The molecule has 2 amide bonds. The van der Waals surface area contributed by atoms with E-state index >= 15 is 0 Å². The van der Waals surface area contributed by atoms with Crippen molar-refractivity contribution in [3.8, 4) is 0 Å². The van der Waals surface area contributed by atoms with Crippen LogP contribution in [0.2, 0.25) is 5.02 Å². The van der Waals surface area contributed by atoms with E-state index in [0.29, 0.717) is 48.4 Å². The van der Waals surface area contributed by atoms with Crippen LogP contribution in [0.1, 0.15) is 65.4 Å². The monoisotopic (exact) mass is 591 g/mol. The molecule has 3 aliphatic rings. The third-order valence-electron chi connectivity index (χ3n) is 8.43. The van der Waals surface area contributed by atoms with Crippen molar-refractivity contribution in [1.29, 1.82) is 0 Å². The Morgan fingerprint density at radius 1 is 1.30 bits per heavy atom. The van der Waals surface area contributed by atoms with Crippen molar-refractivity contribution < 1.29 is 19.1 Å². The number of allylic oxidation sites excluding steroid dienone is 4. The molecule has 218 valence electrons. The number of hydrogen-bond donors (Lipinski definition) is 4. The van der Waals surface area contributed by atoms with Crippen molar-refractivity contribution in [2.24, 2.45) is 11.3 Å². The van der Waals surface area contributed by atoms with Gasteiger partial charge in [0.1, 0.15) is 12.1 Å². The summed E-state index contributed by atoms with van der Waals surface area (Å²) >= 11 is 12.2. The molecular formula is C31H40Cl2FN3O3. The molecule has 4 N–H and O–H groups in total. The van der Waals surface area contributed by atoms with E-state index in [1.807, 2.05) is 13.0 Å². The zero-order chi connectivity index (χ0) is 29.5. The summed E-state index contributed by atoms with van der Waals surface area (Å²) in [7, 11) is 0. The number of alkyl halides is 1. The predicted octanol–water partition coefficient (Wildman–Crippen LogP) is 5.94. The minimum atomic E-state index is -1.14. The second-order valence-corrected chi connectivity index (χ2v) is 13.8. The average molecular weight is 593 g/mol. The van der Waals surface area contributed by atoms with Gasteiger partial charge in [0.15, 0.2) is 0 Å². The van der Waals surface area contributed by atoms with E-state index in [1.54, 1.807) is 24.3 Å². The molecule has 0 aromatic heterocycles. The first-order valence-corrected chi connectivity index (χ1v) is 14.6. The van der Waals surface area contributed by atoms with Crippen LogP contribution in [0.5, 0.6) is 0 Å². The van der Waals surface area contributed by atoms with E-state index in [-0.39, 0.29) is 28.3 Å². The molecule has 2 aliphatic heterocycles. The summed E-state index contributed by atoms with van der Waals surface area (Å²) in [4.78, 5) is 28.1. The van der Waals surface area contributed by atoms with Crippen molar-refractivity contribution in [2.45, 2.75) is 88.9 Å². The number of rotatable bonds is 7. The highest BCUT2D eigenvalue weighted by atomic mass is 35.5. The van der Waals surface area contributed by atoms with Crippen molar-refractivity contribution >= 4 is 40.7 Å². The smallest absolute Gasteiger partial charge is 0.238 e. The Morgan fingerprint density at radius 3 is 2.60 bits per heavy atom. The Morgan fingerprint density at radius 2 is 1.98 bits per heavy atom. The maximum atomic E-state index is 14.1. The first-order valence-electron chi connectivity index (χ1n) is 13.9. The molecule has 0 unspecified atom stereocenters. The molecule has 2 heterocycles. The molecule has 1 aromatic carbocycles. The second kappa shape index (κ2) is 11.6. The quantitative estimate of drug-likeness (QED) is 0.295. The van der Waals surface area contributed by atoms with Crippen LogP contribution in [-0.2, 0) is 15.0 Å². The van der Waals surface area contributed by atoms with Crippen molar-refractivity contribution in [3.63, 3.8) is 0 Å². The van der Waals surface area contributed by atoms with Crippen molar-refractivity contribution in [3.05, 3.63) is 64.2 Å². The number of fused-ring (bicyclic) bond motifs is 2. The van der Waals surface area contributed by atoms with Crippen LogP contribution in [-0.4, -0.2) is 47.3 Å². The fraction of sp³-hybridized carbons (Fsp3) is 0.548. The fourth-order valence-corrected chi connectivity index (χ4v) is 6.82. The van der Waals surface area contributed by atoms with Crippen molar-refractivity contribution in [1.82, 2.24) is 10.6 Å². The van der Waals surface area contributed by atoms with Gasteiger partial charge in [-0.25, -0.2) is 4.39 Å². The van der Waals surface area contributed by atoms with E-state index in [1.165, 1.54) is 6.08 Å². The molecule has 4 rings (SSSR count). The number of anilines is 1. The standard InChI is InChI=1S/C31H40Cl2FN3O3/c1-18(7-6-8-20(33)17-34)25-26(27(38)35-21-11-13-30(5,40)14-12-21)37-24(16-29(2,3)4)31(25)22-10-9-19(32)15-23(22)36-28(31)39/h6-10,15,21,24-26,37,40H,1,11-14,16-17H2,2-5H3,(H,35,38)(H,36,39)/b7-6-,20-8+/t21-,24-,25+,26-,30+,31+/m1/s1. The molecular weight excluding hydrogens is 552 g/mol. The maximum absolute atomic E-state index is 14.1. The lowest BCUT2D eigenvalue weighted by atomic mass is 9.62. The molecule has 2 fully saturated rings. The molecule has 4 atom stereocenters. The third kappa shape index (κ3) is 6.18. The summed E-state index contributed by atoms with van der Waals surface area (Å²) in [6.45, 7) is 11.7. The topological polar surface area (TPSA) is 90.5 Å². The van der Waals surface area contributed by atoms with E-state index in [0.717, 1.165) is 5.56 Å². The zero-order valence-electron chi connectivity index (χ0n) is 23.6. The van der Waals surface area contributed by atoms with Gasteiger partial charge in [-0.3, -0.25) is 9.59 Å². The number of aliphatic hydroxyl groups is 1. The number of hydrogen-bond acceptors (Lipinski definition) is 4. The highest BCUT2D eigenvalue weighted by Gasteiger charge is 2.65. The van der Waals surface area contributed by atoms with E-state index in [4.69, 9.17) is 23.2 Å². The van der Waals surface area contributed by atoms with Gasteiger partial charge in [0.25, 0.3) is 0 Å². The van der Waals surface area contributed by atoms with Crippen LogP contribution in [0.25, 0.3) is 0 Å². The van der Waals surface area contributed by atoms with Crippen LogP contribution in [0.4, 0.5) is 10.1 Å². The summed E-state index contributed by atoms with van der Waals surface area (Å²) in [5, 5.41) is 20.7. The Balaban J connectivity index is 1.79. The minimum Gasteiger partial charge on any atom is -0.390 e. The first kappa shape index (κ1) is 30.8. The molecule has 1 saturated heterocycles. The highest BCUT2D eigenvalue weighted by molar-refractivity contribution is 6.31. The van der Waals surface area contributed by atoms with Crippen molar-refractivity contribution in [2.75, 3.05) is 12.0 Å². The summed E-state index contributed by atoms with van der Waals surface area (Å²) < 4.78 is 13.0. The summed E-state index contributed by atoms with van der Waals surface area (Å²) in [6.07, 6.45) is 7.89. The Kier molecular flexibility index (Phi) is 8.92. The molecule has 1 aromatic rings. The Labute approximate surface area is 246 Å². The lowest BCUT2D eigenvalue weighted by Crippen LogP contribution is -2.51. The lowest BCUT2D eigenvalue weighted by molar-refractivity contribution is -0.125. The highest BCUT2D eigenvalue weighted by Crippen LogP contribution is 2.55. The lowest BCUT2D eigenvalue weighted by Gasteiger charge is -2.38. The molecule has 1 spiro atoms. The molecule has 0 bridgehead atoms. The van der Waals surface area contributed by atoms with Crippen LogP contribution in [0.15, 0.2) is 53.6 Å². The number of nitrogens with one attached hydrogen (secondary N) is 3. The van der Waals surface area contributed by atoms with Gasteiger partial charge >= 0.3 is 0 Å². The first-order chi connectivity index (χ1) is 18.7. The molecule has 1 saturated carbocycles. The second-order valence-electron chi connectivity index (χ2n) is 12.9. The molecule has 0 radical (unpaired) electrons. The number of carbonyl (C=O) groups is 2. The number of benzene rings is 1. The van der Waals surface area contributed by atoms with Gasteiger partial charge in [0.05, 0.1) is 11.6 Å². The molecule has 9 heteroatoms. The largest absolute Gasteiger partial charge is 0.390 e. The van der Waals surface area contributed by atoms with E-state index in [9.17, 15) is 19.1 Å². The van der Waals surface area contributed by atoms with Gasteiger partial charge in [-0.2, -0.15) is 0 Å². The summed E-state index contributed by atoms with van der Waals surface area (Å²) in [6, 6.07) is 4.12. The van der Waals surface area contributed by atoms with Crippen LogP contribution in [0, 0.1) is 11.3 Å². The molecule has 40 heavy (non-hydrogen) atoms. The molecule has 6 nitrogen and oxygen atoms in total. The zero-order valence-corrected chi connectivity index (χ0v) is 25.1. The summed E-state index contributed by atoms with van der Waals surface area (Å²) in [5.74, 6) is -1.08. The maximum Gasteiger partial charge on any atom is 0.238 e. The third-order valence-corrected chi connectivity index (χ3v) is 8.89. The van der Waals surface area contributed by atoms with Gasteiger partial charge in [-0.05, 0) is 73.8 Å². The van der Waals surface area contributed by atoms with Gasteiger partial charge in [0, 0.05) is 33.7 Å². The van der Waals surface area contributed by atoms with E-state index < -0.39 is 35.7 Å². The van der Waals surface area contributed by atoms with Gasteiger partial charge in [-0.15, -0.1) is 0 Å². The van der Waals surface area contributed by atoms with Gasteiger partial charge in [-0.1, -0.05) is 68.8 Å². The SMILES string of the molecule is C=C(/C=C\C=C(\Cl)CF)[C@H]1[C@H](C(=O)N[C@H]2CC[C@@](C)(O)CC2)N[C@H](CC(C)(C)C)[C@]12C(=O)Nc1cc(Cl)ccc12. The van der Waals surface area contributed by atoms with Crippen LogP contribution >= 0.6 is 23.2 Å². The average Bonchev–Trinajstić information content (AvgIpc) is 3.34. The van der Waals surface area contributed by atoms with Crippen LogP contribution < -0.4 is 16.0 Å². The normalized spacial score (nSPS) is 32.4. The minimum absolute atomic E-state index is 0.0370. The van der Waals surface area contributed by atoms with Crippen LogP contribution in [0.3, 0.4) is 0 Å². The summed E-state index contributed by atoms with van der Waals surface area (Å²) in [5.41, 5.74) is -0.0915. The molecule has 1 aliphatic carbocycles. The number of amides is 2.